The van der Waals surface area contributed by atoms with E-state index in [4.69, 9.17) is 14.5 Å². The number of ether oxygens (including phenoxy) is 2. The Balaban J connectivity index is 1.95. The molecule has 6 nitrogen and oxygen atoms in total. The Morgan fingerprint density at radius 2 is 1.90 bits per heavy atom. The van der Waals surface area contributed by atoms with Gasteiger partial charge in [-0.05, 0) is 56.7 Å². The third-order valence-corrected chi connectivity index (χ3v) is 6.25. The highest BCUT2D eigenvalue weighted by molar-refractivity contribution is 7.22. The minimum atomic E-state index is -0.0888. The molecule has 0 fully saturated rings. The summed E-state index contributed by atoms with van der Waals surface area (Å²) in [6.45, 7) is 1.46. The molecule has 0 radical (unpaired) electrons. The zero-order valence-corrected chi connectivity index (χ0v) is 18.7. The van der Waals surface area contributed by atoms with Crippen molar-refractivity contribution in [1.29, 1.82) is 0 Å². The van der Waals surface area contributed by atoms with Gasteiger partial charge in [-0.15, -0.1) is 11.3 Å². The summed E-state index contributed by atoms with van der Waals surface area (Å²) < 4.78 is 11.8. The van der Waals surface area contributed by atoms with Gasteiger partial charge in [-0.1, -0.05) is 17.4 Å². The van der Waals surface area contributed by atoms with Crippen molar-refractivity contribution < 1.29 is 14.3 Å². The first-order valence-corrected chi connectivity index (χ1v) is 10.9. The van der Waals surface area contributed by atoms with Gasteiger partial charge in [-0.3, -0.25) is 9.69 Å². The molecule has 0 N–H and O–H groups in total. The molecule has 2 heterocycles. The van der Waals surface area contributed by atoms with E-state index in [1.165, 1.54) is 11.3 Å². The predicted molar refractivity (Wildman–Crippen MR) is 122 cm³/mol. The number of methoxy groups -OCH3 is 2. The second-order valence-electron chi connectivity index (χ2n) is 6.64. The molecule has 3 rings (SSSR count). The number of hydrogen-bond acceptors (Lipinski definition) is 7. The number of aromatic nitrogens is 1. The lowest BCUT2D eigenvalue weighted by Crippen LogP contribution is -2.32. The van der Waals surface area contributed by atoms with Crippen LogP contribution in [-0.2, 0) is 4.79 Å². The van der Waals surface area contributed by atoms with E-state index in [1.807, 2.05) is 49.8 Å². The number of anilines is 1. The smallest absolute Gasteiger partial charge is 0.252 e. The van der Waals surface area contributed by atoms with Gasteiger partial charge in [-0.2, -0.15) is 0 Å². The minimum Gasteiger partial charge on any atom is -0.495 e. The highest BCUT2D eigenvalue weighted by Crippen LogP contribution is 2.40. The Kier molecular flexibility index (Phi) is 7.24. The van der Waals surface area contributed by atoms with E-state index >= 15 is 0 Å². The molecule has 2 aromatic heterocycles. The van der Waals surface area contributed by atoms with Crippen LogP contribution in [0.15, 0.2) is 35.7 Å². The van der Waals surface area contributed by atoms with E-state index in [2.05, 4.69) is 4.90 Å². The van der Waals surface area contributed by atoms with Gasteiger partial charge in [-0.25, -0.2) is 4.98 Å². The fourth-order valence-corrected chi connectivity index (χ4v) is 4.59. The van der Waals surface area contributed by atoms with Gasteiger partial charge < -0.3 is 14.4 Å². The number of amides is 1. The first kappa shape index (κ1) is 21.3. The van der Waals surface area contributed by atoms with Crippen LogP contribution in [0.3, 0.4) is 0 Å². The average Bonchev–Trinajstić information content (AvgIpc) is 3.38. The number of thiophene rings is 1. The molecule has 1 amide bonds. The highest BCUT2D eigenvalue weighted by atomic mass is 32.1. The maximum atomic E-state index is 13.0. The van der Waals surface area contributed by atoms with E-state index in [1.54, 1.807) is 36.5 Å². The summed E-state index contributed by atoms with van der Waals surface area (Å²) in [6.07, 6.45) is 4.30. The molecule has 0 unspecified atom stereocenters. The van der Waals surface area contributed by atoms with Gasteiger partial charge in [0.15, 0.2) is 5.13 Å². The van der Waals surface area contributed by atoms with Crippen LogP contribution in [0, 0.1) is 0 Å². The Bertz CT molecular complexity index is 940. The third kappa shape index (κ3) is 5.14. The van der Waals surface area contributed by atoms with Crippen molar-refractivity contribution in [2.24, 2.45) is 0 Å². The van der Waals surface area contributed by atoms with E-state index in [0.717, 1.165) is 28.3 Å². The zero-order chi connectivity index (χ0) is 20.8. The summed E-state index contributed by atoms with van der Waals surface area (Å²) in [5.41, 5.74) is 0.708. The summed E-state index contributed by atoms with van der Waals surface area (Å²) in [7, 11) is 7.29. The monoisotopic (exact) mass is 431 g/mol. The number of thiazole rings is 1. The van der Waals surface area contributed by atoms with Crippen LogP contribution in [0.25, 0.3) is 16.3 Å². The standard InChI is InChI=1S/C21H25N3O3S2/c1-23(2)12-6-13-24(18(25)11-8-15-7-5-14-28-15)21-22-19-16(26-3)9-10-17(27-4)20(19)29-21/h5,7-11,14H,6,12-13H2,1-4H3/b11-8+. The fourth-order valence-electron chi connectivity index (χ4n) is 2.86. The quantitative estimate of drug-likeness (QED) is 0.471. The molecule has 3 aromatic rings. The molecular weight excluding hydrogens is 406 g/mol. The largest absolute Gasteiger partial charge is 0.495 e. The van der Waals surface area contributed by atoms with Gasteiger partial charge in [0.25, 0.3) is 5.91 Å². The Morgan fingerprint density at radius 3 is 2.55 bits per heavy atom. The SMILES string of the molecule is COc1ccc(OC)c2sc(N(CCCN(C)C)C(=O)/C=C/c3cccs3)nc12. The van der Waals surface area contributed by atoms with Crippen LogP contribution < -0.4 is 14.4 Å². The molecule has 0 atom stereocenters. The lowest BCUT2D eigenvalue weighted by atomic mass is 10.3. The molecular formula is C21H25N3O3S2. The molecule has 8 heteroatoms. The van der Waals surface area contributed by atoms with Crippen molar-refractivity contribution in [3.8, 4) is 11.5 Å². The Hall–Kier alpha value is -2.42. The molecule has 0 bridgehead atoms. The van der Waals surface area contributed by atoms with Gasteiger partial charge in [0.1, 0.15) is 21.7 Å². The molecule has 0 aliphatic rings. The Morgan fingerprint density at radius 1 is 1.14 bits per heavy atom. The lowest BCUT2D eigenvalue weighted by Gasteiger charge is -2.19. The maximum absolute atomic E-state index is 13.0. The van der Waals surface area contributed by atoms with Crippen LogP contribution in [0.1, 0.15) is 11.3 Å². The first-order chi connectivity index (χ1) is 14.0. The number of carbonyl (C=O) groups is 1. The number of hydrogen-bond donors (Lipinski definition) is 0. The number of fused-ring (bicyclic) bond motifs is 1. The van der Waals surface area contributed by atoms with Crippen molar-refractivity contribution in [3.63, 3.8) is 0 Å². The van der Waals surface area contributed by atoms with E-state index in [-0.39, 0.29) is 5.91 Å². The van der Waals surface area contributed by atoms with Gasteiger partial charge in [0.05, 0.1) is 14.2 Å². The summed E-state index contributed by atoms with van der Waals surface area (Å²) in [4.78, 5) is 22.6. The van der Waals surface area contributed by atoms with Crippen molar-refractivity contribution in [1.82, 2.24) is 9.88 Å². The normalized spacial score (nSPS) is 11.5. The second-order valence-corrected chi connectivity index (χ2v) is 8.60. The molecule has 0 aliphatic carbocycles. The Labute approximate surface area is 179 Å². The topological polar surface area (TPSA) is 54.9 Å². The van der Waals surface area contributed by atoms with Crippen LogP contribution in [0.5, 0.6) is 11.5 Å². The maximum Gasteiger partial charge on any atom is 0.252 e. The summed E-state index contributed by atoms with van der Waals surface area (Å²) >= 11 is 3.04. The molecule has 29 heavy (non-hydrogen) atoms. The molecule has 0 saturated carbocycles. The van der Waals surface area contributed by atoms with Crippen LogP contribution in [0.4, 0.5) is 5.13 Å². The minimum absolute atomic E-state index is 0.0888. The third-order valence-electron chi connectivity index (χ3n) is 4.32. The predicted octanol–water partition coefficient (Wildman–Crippen LogP) is 4.37. The van der Waals surface area contributed by atoms with Crippen molar-refractivity contribution in [2.45, 2.75) is 6.42 Å². The highest BCUT2D eigenvalue weighted by Gasteiger charge is 2.21. The van der Waals surface area contributed by atoms with E-state index in [9.17, 15) is 4.79 Å². The summed E-state index contributed by atoms with van der Waals surface area (Å²) in [5.74, 6) is 1.30. The van der Waals surface area contributed by atoms with Crippen LogP contribution in [0.2, 0.25) is 0 Å². The summed E-state index contributed by atoms with van der Waals surface area (Å²) in [5, 5.41) is 2.63. The molecule has 0 spiro atoms. The van der Waals surface area contributed by atoms with E-state index < -0.39 is 0 Å². The van der Waals surface area contributed by atoms with Gasteiger partial charge >= 0.3 is 0 Å². The zero-order valence-electron chi connectivity index (χ0n) is 17.0. The van der Waals surface area contributed by atoms with Gasteiger partial charge in [0.2, 0.25) is 0 Å². The fraction of sp³-hybridized carbons (Fsp3) is 0.333. The van der Waals surface area contributed by atoms with Crippen molar-refractivity contribution >= 4 is 50.0 Å². The van der Waals surface area contributed by atoms with Crippen molar-refractivity contribution in [3.05, 3.63) is 40.6 Å². The molecule has 1 aromatic carbocycles. The number of nitrogens with zero attached hydrogens (tertiary/aromatic N) is 3. The van der Waals surface area contributed by atoms with Crippen LogP contribution >= 0.6 is 22.7 Å². The van der Waals surface area contributed by atoms with Gasteiger partial charge in [0, 0.05) is 17.5 Å². The van der Waals surface area contributed by atoms with Crippen LogP contribution in [-0.4, -0.2) is 57.2 Å². The number of benzene rings is 1. The molecule has 154 valence electrons. The lowest BCUT2D eigenvalue weighted by molar-refractivity contribution is -0.114. The molecule has 0 aliphatic heterocycles. The van der Waals surface area contributed by atoms with E-state index in [0.29, 0.717) is 22.9 Å². The van der Waals surface area contributed by atoms with Crippen molar-refractivity contribution in [2.75, 3.05) is 46.3 Å². The second kappa shape index (κ2) is 9.87. The average molecular weight is 432 g/mol. The molecule has 0 saturated heterocycles. The number of rotatable bonds is 9. The summed E-state index contributed by atoms with van der Waals surface area (Å²) in [6, 6.07) is 7.64. The first-order valence-electron chi connectivity index (χ1n) is 9.22. The number of carbonyl (C=O) groups excluding carboxylic acids is 1.